The van der Waals surface area contributed by atoms with Gasteiger partial charge in [0.15, 0.2) is 0 Å². The first-order valence-corrected chi connectivity index (χ1v) is 6.35. The second-order valence-corrected chi connectivity index (χ2v) is 5.29. The monoisotopic (exact) mass is 265 g/mol. The SMILES string of the molecule is O=S(=O)(NC(CO)CO)c1ccc(Cl)cc1. The minimum atomic E-state index is -3.73. The Bertz CT molecular complexity index is 427. The fourth-order valence-corrected chi connectivity index (χ4v) is 2.38. The van der Waals surface area contributed by atoms with Gasteiger partial charge in [0.05, 0.1) is 24.2 Å². The van der Waals surface area contributed by atoms with Gasteiger partial charge in [-0.25, -0.2) is 13.1 Å². The van der Waals surface area contributed by atoms with Crippen molar-refractivity contribution in [1.82, 2.24) is 4.72 Å². The van der Waals surface area contributed by atoms with Gasteiger partial charge < -0.3 is 10.2 Å². The smallest absolute Gasteiger partial charge is 0.240 e. The molecule has 1 rings (SSSR count). The third kappa shape index (κ3) is 3.43. The maximum Gasteiger partial charge on any atom is 0.240 e. The molecule has 3 N–H and O–H groups in total. The molecule has 0 spiro atoms. The van der Waals surface area contributed by atoms with Crippen LogP contribution in [0.4, 0.5) is 0 Å². The summed E-state index contributed by atoms with van der Waals surface area (Å²) in [7, 11) is -3.73. The van der Waals surface area contributed by atoms with Gasteiger partial charge in [0.1, 0.15) is 0 Å². The Kier molecular flexibility index (Phi) is 4.69. The number of hydrogen-bond acceptors (Lipinski definition) is 4. The van der Waals surface area contributed by atoms with Crippen molar-refractivity contribution in [2.75, 3.05) is 13.2 Å². The fraction of sp³-hybridized carbons (Fsp3) is 0.333. The second kappa shape index (κ2) is 5.60. The first kappa shape index (κ1) is 13.4. The van der Waals surface area contributed by atoms with Crippen LogP contribution in [-0.2, 0) is 10.0 Å². The molecule has 0 atom stereocenters. The van der Waals surface area contributed by atoms with Crippen molar-refractivity contribution in [1.29, 1.82) is 0 Å². The second-order valence-electron chi connectivity index (χ2n) is 3.14. The number of benzene rings is 1. The fourth-order valence-electron chi connectivity index (χ4n) is 1.03. The van der Waals surface area contributed by atoms with Crippen LogP contribution in [-0.4, -0.2) is 37.9 Å². The Morgan fingerprint density at radius 2 is 1.69 bits per heavy atom. The summed E-state index contributed by atoms with van der Waals surface area (Å²) >= 11 is 5.63. The number of halogens is 1. The summed E-state index contributed by atoms with van der Waals surface area (Å²) in [5.41, 5.74) is 0. The van der Waals surface area contributed by atoms with E-state index in [1.807, 2.05) is 0 Å². The number of hydrogen-bond donors (Lipinski definition) is 3. The van der Waals surface area contributed by atoms with Gasteiger partial charge in [-0.1, -0.05) is 11.6 Å². The zero-order valence-corrected chi connectivity index (χ0v) is 9.87. The highest BCUT2D eigenvalue weighted by Gasteiger charge is 2.18. The van der Waals surface area contributed by atoms with Gasteiger partial charge in [-0.3, -0.25) is 0 Å². The summed E-state index contributed by atoms with van der Waals surface area (Å²) < 4.78 is 25.5. The largest absolute Gasteiger partial charge is 0.395 e. The predicted octanol–water partition coefficient (Wildman–Crippen LogP) is -0.0285. The Balaban J connectivity index is 2.89. The van der Waals surface area contributed by atoms with Crippen LogP contribution >= 0.6 is 11.6 Å². The summed E-state index contributed by atoms with van der Waals surface area (Å²) in [6, 6.07) is 4.68. The molecule has 0 radical (unpaired) electrons. The minimum absolute atomic E-state index is 0.0313. The van der Waals surface area contributed by atoms with Crippen LogP contribution in [0.25, 0.3) is 0 Å². The lowest BCUT2D eigenvalue weighted by atomic mass is 10.4. The van der Waals surface area contributed by atoms with Gasteiger partial charge in [0.2, 0.25) is 10.0 Å². The van der Waals surface area contributed by atoms with E-state index in [1.54, 1.807) is 0 Å². The molecule has 0 bridgehead atoms. The number of sulfonamides is 1. The molecule has 1 aromatic carbocycles. The van der Waals surface area contributed by atoms with Crippen molar-refractivity contribution in [3.8, 4) is 0 Å². The molecule has 0 aliphatic rings. The molecule has 0 aliphatic heterocycles. The molecule has 0 saturated heterocycles. The summed E-state index contributed by atoms with van der Waals surface area (Å²) in [6.07, 6.45) is 0. The molecule has 0 amide bonds. The van der Waals surface area contributed by atoms with Crippen molar-refractivity contribution in [3.05, 3.63) is 29.3 Å². The molecule has 16 heavy (non-hydrogen) atoms. The van der Waals surface area contributed by atoms with Gasteiger partial charge in [0.25, 0.3) is 0 Å². The van der Waals surface area contributed by atoms with E-state index in [-0.39, 0.29) is 4.90 Å². The molecular formula is C9H12ClNO4S. The van der Waals surface area contributed by atoms with Crippen LogP contribution in [0.1, 0.15) is 0 Å². The molecule has 1 aromatic rings. The van der Waals surface area contributed by atoms with Gasteiger partial charge >= 0.3 is 0 Å². The molecule has 0 unspecified atom stereocenters. The topological polar surface area (TPSA) is 86.6 Å². The van der Waals surface area contributed by atoms with E-state index < -0.39 is 29.3 Å². The maximum atomic E-state index is 11.7. The van der Waals surface area contributed by atoms with Crippen LogP contribution in [0.3, 0.4) is 0 Å². The standard InChI is InChI=1S/C9H12ClNO4S/c10-7-1-3-9(4-2-7)16(14,15)11-8(5-12)6-13/h1-4,8,11-13H,5-6H2. The molecule has 90 valence electrons. The maximum absolute atomic E-state index is 11.7. The van der Waals surface area contributed by atoms with E-state index >= 15 is 0 Å². The molecule has 0 saturated carbocycles. The number of nitrogens with one attached hydrogen (secondary N) is 1. The zero-order valence-electron chi connectivity index (χ0n) is 8.30. The lowest BCUT2D eigenvalue weighted by Gasteiger charge is -2.13. The van der Waals surface area contributed by atoms with Crippen molar-refractivity contribution in [2.24, 2.45) is 0 Å². The third-order valence-electron chi connectivity index (χ3n) is 1.89. The lowest BCUT2D eigenvalue weighted by Crippen LogP contribution is -2.39. The number of aliphatic hydroxyl groups is 2. The van der Waals surface area contributed by atoms with E-state index in [2.05, 4.69) is 4.72 Å². The van der Waals surface area contributed by atoms with E-state index in [0.29, 0.717) is 5.02 Å². The Labute approximate surface area is 98.7 Å². The van der Waals surface area contributed by atoms with Crippen LogP contribution in [0.2, 0.25) is 5.02 Å². The van der Waals surface area contributed by atoms with Crippen molar-refractivity contribution in [2.45, 2.75) is 10.9 Å². The highest BCUT2D eigenvalue weighted by Crippen LogP contribution is 2.14. The van der Waals surface area contributed by atoms with Crippen LogP contribution in [0.5, 0.6) is 0 Å². The summed E-state index contributed by atoms with van der Waals surface area (Å²) in [4.78, 5) is 0.0313. The minimum Gasteiger partial charge on any atom is -0.395 e. The van der Waals surface area contributed by atoms with E-state index in [9.17, 15) is 8.42 Å². The van der Waals surface area contributed by atoms with E-state index in [4.69, 9.17) is 21.8 Å². The molecule has 0 fully saturated rings. The summed E-state index contributed by atoms with van der Waals surface area (Å²) in [5.74, 6) is 0. The van der Waals surface area contributed by atoms with E-state index in [1.165, 1.54) is 24.3 Å². The van der Waals surface area contributed by atoms with Gasteiger partial charge in [-0.05, 0) is 24.3 Å². The van der Waals surface area contributed by atoms with Crippen LogP contribution in [0, 0.1) is 0 Å². The molecular weight excluding hydrogens is 254 g/mol. The van der Waals surface area contributed by atoms with Crippen LogP contribution < -0.4 is 4.72 Å². The lowest BCUT2D eigenvalue weighted by molar-refractivity contribution is 0.185. The Morgan fingerprint density at radius 3 is 2.12 bits per heavy atom. The van der Waals surface area contributed by atoms with Crippen molar-refractivity contribution < 1.29 is 18.6 Å². The average Bonchev–Trinajstić information content (AvgIpc) is 2.26. The highest BCUT2D eigenvalue weighted by molar-refractivity contribution is 7.89. The molecule has 0 aromatic heterocycles. The summed E-state index contributed by atoms with van der Waals surface area (Å²) in [5, 5.41) is 18.0. The first-order chi connectivity index (χ1) is 7.49. The highest BCUT2D eigenvalue weighted by atomic mass is 35.5. The van der Waals surface area contributed by atoms with Gasteiger partial charge in [-0.2, -0.15) is 0 Å². The Morgan fingerprint density at radius 1 is 1.19 bits per heavy atom. The predicted molar refractivity (Wildman–Crippen MR) is 59.7 cm³/mol. The molecule has 0 aliphatic carbocycles. The zero-order chi connectivity index (χ0) is 12.2. The van der Waals surface area contributed by atoms with Crippen molar-refractivity contribution in [3.63, 3.8) is 0 Å². The van der Waals surface area contributed by atoms with Gasteiger partial charge in [0, 0.05) is 5.02 Å². The molecule has 0 heterocycles. The number of rotatable bonds is 5. The van der Waals surface area contributed by atoms with Crippen LogP contribution in [0.15, 0.2) is 29.2 Å². The quantitative estimate of drug-likeness (QED) is 0.698. The Hall–Kier alpha value is -0.660. The normalized spacial score (nSPS) is 12.0. The number of aliphatic hydroxyl groups excluding tert-OH is 2. The first-order valence-electron chi connectivity index (χ1n) is 4.49. The van der Waals surface area contributed by atoms with Gasteiger partial charge in [-0.15, -0.1) is 0 Å². The average molecular weight is 266 g/mol. The third-order valence-corrected chi connectivity index (χ3v) is 3.67. The molecule has 7 heteroatoms. The van der Waals surface area contributed by atoms with Crippen molar-refractivity contribution >= 4 is 21.6 Å². The van der Waals surface area contributed by atoms with E-state index in [0.717, 1.165) is 0 Å². The summed E-state index contributed by atoms with van der Waals surface area (Å²) in [6.45, 7) is -0.938. The molecule has 5 nitrogen and oxygen atoms in total.